The number of nitrogens with one attached hydrogen (secondary N) is 2. The maximum absolute atomic E-state index is 13.7. The molecule has 0 saturated heterocycles. The van der Waals surface area contributed by atoms with E-state index in [0.717, 1.165) is 0 Å². The van der Waals surface area contributed by atoms with Crippen molar-refractivity contribution in [1.82, 2.24) is 15.5 Å². The molecule has 1 spiro atoms. The summed E-state index contributed by atoms with van der Waals surface area (Å²) in [5.74, 6) is 9.73. The van der Waals surface area contributed by atoms with Crippen LogP contribution < -0.4 is 30.7 Å². The van der Waals surface area contributed by atoms with Crippen molar-refractivity contribution in [3.05, 3.63) is 94.2 Å². The highest BCUT2D eigenvalue weighted by molar-refractivity contribution is 6.00. The van der Waals surface area contributed by atoms with Crippen molar-refractivity contribution >= 4 is 29.8 Å². The summed E-state index contributed by atoms with van der Waals surface area (Å²) in [4.78, 5) is 67.2. The van der Waals surface area contributed by atoms with Crippen LogP contribution in [0.4, 0.5) is 4.79 Å². The summed E-state index contributed by atoms with van der Waals surface area (Å²) < 4.78 is 35.2. The molecule has 0 aliphatic carbocycles. The van der Waals surface area contributed by atoms with Gasteiger partial charge in [-0.05, 0) is 97.9 Å². The fourth-order valence-corrected chi connectivity index (χ4v) is 6.50. The zero-order valence-corrected chi connectivity index (χ0v) is 35.2. The lowest BCUT2D eigenvalue weighted by molar-refractivity contribution is -0.143. The number of rotatable bonds is 11. The van der Waals surface area contributed by atoms with Crippen LogP contribution in [0.2, 0.25) is 0 Å². The maximum atomic E-state index is 13.7. The second kappa shape index (κ2) is 17.4. The SMILES string of the molecule is CCOC(CN1C=C(C#CCNC(=O)c2ccc3c(c2)C2(OC3=O)c3ccc(OC(=O)C(C)(C)C)cc3Oc3cc(OC(=O)C(C)(C)C)ccc32)C(N=NN)NC1=O)OCC. The van der Waals surface area contributed by atoms with E-state index in [1.54, 1.807) is 71.9 Å². The molecule has 1 unspecified atom stereocenters. The first kappa shape index (κ1) is 43.8. The molecular formula is C44H48N6O11. The molecular weight excluding hydrogens is 789 g/mol. The number of benzene rings is 3. The molecule has 0 bridgehead atoms. The Morgan fingerprint density at radius 2 is 1.48 bits per heavy atom. The number of carbonyl (C=O) groups excluding carboxylic acids is 5. The predicted octanol–water partition coefficient (Wildman–Crippen LogP) is 5.85. The average Bonchev–Trinajstić information content (AvgIpc) is 3.48. The van der Waals surface area contributed by atoms with Gasteiger partial charge in [0.25, 0.3) is 5.91 Å². The Bertz CT molecular complexity index is 2300. The van der Waals surface area contributed by atoms with Crippen LogP contribution >= 0.6 is 0 Å². The molecule has 1 atom stereocenters. The first-order valence-corrected chi connectivity index (χ1v) is 19.6. The topological polar surface area (TPSA) is 219 Å². The standard InChI is InChI=1S/C44H48N6O11/c1-9-56-35(57-10-2)24-50-23-26(36(48-49-45)47-41(50)55)12-11-19-46-37(51)25-13-16-29-32(20-25)44(61-38(29)52)30-17-14-27(58-39(53)42(3,4)5)21-33(30)60-34-22-28(15-18-31(34)44)59-40(54)43(6,7)8/h13-18,20-23,35-36H,9-10,19,24H2,1-8H3,(H2,45,48)(H,46,51)(H,47,55). The van der Waals surface area contributed by atoms with E-state index in [1.807, 2.05) is 13.8 Å². The van der Waals surface area contributed by atoms with Gasteiger partial charge in [-0.1, -0.05) is 17.1 Å². The minimum atomic E-state index is -1.63. The van der Waals surface area contributed by atoms with Crippen LogP contribution in [0.5, 0.6) is 23.0 Å². The molecule has 3 aliphatic rings. The average molecular weight is 837 g/mol. The van der Waals surface area contributed by atoms with E-state index in [4.69, 9.17) is 34.3 Å². The summed E-state index contributed by atoms with van der Waals surface area (Å²) in [5, 5.41) is 12.6. The number of nitrogens with zero attached hydrogens (tertiary/aromatic N) is 3. The zero-order valence-electron chi connectivity index (χ0n) is 35.2. The van der Waals surface area contributed by atoms with Crippen LogP contribution in [0.1, 0.15) is 92.8 Å². The van der Waals surface area contributed by atoms with Crippen molar-refractivity contribution in [2.45, 2.75) is 73.4 Å². The molecule has 3 aromatic carbocycles. The molecule has 17 nitrogen and oxygen atoms in total. The molecule has 3 heterocycles. The molecule has 6 rings (SSSR count). The number of esters is 3. The van der Waals surface area contributed by atoms with Crippen molar-refractivity contribution in [3.63, 3.8) is 0 Å². The van der Waals surface area contributed by atoms with E-state index in [2.05, 4.69) is 32.8 Å². The molecule has 61 heavy (non-hydrogen) atoms. The Morgan fingerprint density at radius 1 is 0.885 bits per heavy atom. The largest absolute Gasteiger partial charge is 0.456 e. The summed E-state index contributed by atoms with van der Waals surface area (Å²) in [5.41, 5.74) is -1.38. The molecule has 17 heteroatoms. The van der Waals surface area contributed by atoms with Crippen molar-refractivity contribution in [2.24, 2.45) is 27.0 Å². The van der Waals surface area contributed by atoms with Gasteiger partial charge in [0.1, 0.15) is 23.0 Å². The van der Waals surface area contributed by atoms with E-state index in [9.17, 15) is 24.0 Å². The van der Waals surface area contributed by atoms with Gasteiger partial charge in [-0.25, -0.2) is 9.59 Å². The summed E-state index contributed by atoms with van der Waals surface area (Å²) in [7, 11) is 0. The van der Waals surface area contributed by atoms with Gasteiger partial charge in [0.2, 0.25) is 0 Å². The van der Waals surface area contributed by atoms with Gasteiger partial charge in [-0.15, -0.1) is 5.11 Å². The second-order valence-electron chi connectivity index (χ2n) is 16.2. The Morgan fingerprint density at radius 3 is 2.02 bits per heavy atom. The fraction of sp³-hybridized carbons (Fsp3) is 0.386. The van der Waals surface area contributed by atoms with Crippen molar-refractivity contribution in [3.8, 4) is 34.8 Å². The van der Waals surface area contributed by atoms with Gasteiger partial charge in [0.15, 0.2) is 18.1 Å². The summed E-state index contributed by atoms with van der Waals surface area (Å²) in [6.45, 7) is 14.7. The molecule has 0 radical (unpaired) electrons. The van der Waals surface area contributed by atoms with Gasteiger partial charge in [0, 0.05) is 53.8 Å². The number of nitrogens with two attached hydrogens (primary N) is 1. The predicted molar refractivity (Wildman–Crippen MR) is 218 cm³/mol. The lowest BCUT2D eigenvalue weighted by Crippen LogP contribution is -2.49. The Labute approximate surface area is 352 Å². The molecule has 320 valence electrons. The van der Waals surface area contributed by atoms with Crippen molar-refractivity contribution in [2.75, 3.05) is 26.3 Å². The molecule has 0 saturated carbocycles. The number of fused-ring (bicyclic) bond motifs is 6. The molecule has 3 aliphatic heterocycles. The minimum Gasteiger partial charge on any atom is -0.456 e. The van der Waals surface area contributed by atoms with E-state index >= 15 is 0 Å². The van der Waals surface area contributed by atoms with E-state index in [0.29, 0.717) is 35.5 Å². The van der Waals surface area contributed by atoms with Gasteiger partial charge >= 0.3 is 23.9 Å². The maximum Gasteiger partial charge on any atom is 0.340 e. The molecule has 4 N–H and O–H groups in total. The third kappa shape index (κ3) is 9.20. The van der Waals surface area contributed by atoms with E-state index in [1.165, 1.54) is 35.4 Å². The number of hydrogen-bond acceptors (Lipinski definition) is 13. The highest BCUT2D eigenvalue weighted by Gasteiger charge is 2.54. The monoisotopic (exact) mass is 836 g/mol. The number of hydrogen-bond donors (Lipinski definition) is 3. The summed E-state index contributed by atoms with van der Waals surface area (Å²) >= 11 is 0. The van der Waals surface area contributed by atoms with E-state index < -0.39 is 58.7 Å². The number of carbonyl (C=O) groups is 5. The Balaban J connectivity index is 1.33. The molecule has 0 aromatic heterocycles. The highest BCUT2D eigenvalue weighted by Crippen LogP contribution is 2.57. The lowest BCUT2D eigenvalue weighted by Gasteiger charge is -2.37. The van der Waals surface area contributed by atoms with Gasteiger partial charge < -0.3 is 44.9 Å². The molecule has 3 amide bonds. The molecule has 3 aromatic rings. The van der Waals surface area contributed by atoms with Gasteiger partial charge in [0.05, 0.1) is 35.1 Å². The van der Waals surface area contributed by atoms with Crippen LogP contribution in [0.3, 0.4) is 0 Å². The number of ether oxygens (including phenoxy) is 6. The van der Waals surface area contributed by atoms with Crippen LogP contribution in [0.15, 0.2) is 76.7 Å². The van der Waals surface area contributed by atoms with Crippen LogP contribution in [0.25, 0.3) is 0 Å². The van der Waals surface area contributed by atoms with Crippen LogP contribution in [0, 0.1) is 22.7 Å². The van der Waals surface area contributed by atoms with Crippen LogP contribution in [-0.2, 0) is 29.4 Å². The second-order valence-corrected chi connectivity index (χ2v) is 16.2. The van der Waals surface area contributed by atoms with Gasteiger partial charge in [-0.2, -0.15) is 0 Å². The highest BCUT2D eigenvalue weighted by atomic mass is 16.7. The fourth-order valence-electron chi connectivity index (χ4n) is 6.50. The smallest absolute Gasteiger partial charge is 0.340 e. The van der Waals surface area contributed by atoms with Crippen molar-refractivity contribution < 1.29 is 52.4 Å². The van der Waals surface area contributed by atoms with Crippen LogP contribution in [-0.4, -0.2) is 73.5 Å². The molecule has 0 fully saturated rings. The van der Waals surface area contributed by atoms with Gasteiger partial charge in [-0.3, -0.25) is 19.3 Å². The zero-order chi connectivity index (χ0) is 44.3. The summed E-state index contributed by atoms with van der Waals surface area (Å²) in [6, 6.07) is 13.5. The quantitative estimate of drug-likeness (QED) is 0.0394. The third-order valence-electron chi connectivity index (χ3n) is 9.57. The normalized spacial score (nSPS) is 16.3. The summed E-state index contributed by atoms with van der Waals surface area (Å²) in [6.07, 6.45) is -0.152. The lowest BCUT2D eigenvalue weighted by atomic mass is 9.77. The van der Waals surface area contributed by atoms with E-state index in [-0.39, 0.29) is 47.2 Å². The van der Waals surface area contributed by atoms with Crippen molar-refractivity contribution in [1.29, 1.82) is 0 Å². The Kier molecular flexibility index (Phi) is 12.5. The minimum absolute atomic E-state index is 0.0761. The third-order valence-corrected chi connectivity index (χ3v) is 9.57. The first-order chi connectivity index (χ1) is 28.9. The number of amides is 3. The number of urea groups is 1. The first-order valence-electron chi connectivity index (χ1n) is 19.6. The Hall–Kier alpha value is -6.77.